The number of anilines is 1. The summed E-state index contributed by atoms with van der Waals surface area (Å²) in [6, 6.07) is 21.0. The van der Waals surface area contributed by atoms with Crippen molar-refractivity contribution in [3.63, 3.8) is 0 Å². The average Bonchev–Trinajstić information content (AvgIpc) is 3.26. The van der Waals surface area contributed by atoms with Gasteiger partial charge in [-0.3, -0.25) is 9.59 Å². The van der Waals surface area contributed by atoms with Crippen molar-refractivity contribution in [3.05, 3.63) is 83.7 Å². The van der Waals surface area contributed by atoms with Crippen LogP contribution in [0.5, 0.6) is 0 Å². The molecule has 0 radical (unpaired) electrons. The first-order valence-corrected chi connectivity index (χ1v) is 12.1. The lowest BCUT2D eigenvalue weighted by Gasteiger charge is -2.15. The van der Waals surface area contributed by atoms with Crippen molar-refractivity contribution >= 4 is 40.0 Å². The molecule has 2 amide bonds. The zero-order valence-corrected chi connectivity index (χ0v) is 20.2. The lowest BCUT2D eigenvalue weighted by Crippen LogP contribution is -2.28. The smallest absolute Gasteiger partial charge is 0.251 e. The van der Waals surface area contributed by atoms with E-state index in [2.05, 4.69) is 20.8 Å². The molecule has 3 aromatic carbocycles. The van der Waals surface area contributed by atoms with Crippen molar-refractivity contribution in [2.75, 3.05) is 11.1 Å². The van der Waals surface area contributed by atoms with Crippen LogP contribution in [0.2, 0.25) is 0 Å². The van der Waals surface area contributed by atoms with E-state index in [1.165, 1.54) is 11.8 Å². The highest BCUT2D eigenvalue weighted by Crippen LogP contribution is 2.22. The number of hydrogen-bond acceptors (Lipinski definition) is 5. The van der Waals surface area contributed by atoms with E-state index < -0.39 is 0 Å². The predicted octanol–water partition coefficient (Wildman–Crippen LogP) is 4.98. The third-order valence-electron chi connectivity index (χ3n) is 5.48. The van der Waals surface area contributed by atoms with Crippen LogP contribution in [0.3, 0.4) is 0 Å². The number of thioether (sulfide) groups is 1. The molecule has 0 unspecified atom stereocenters. The Labute approximate surface area is 203 Å². The van der Waals surface area contributed by atoms with E-state index in [0.717, 1.165) is 22.0 Å². The molecule has 0 spiro atoms. The summed E-state index contributed by atoms with van der Waals surface area (Å²) in [5.41, 5.74) is 2.45. The molecule has 1 atom stereocenters. The van der Waals surface area contributed by atoms with Crippen molar-refractivity contribution in [1.82, 2.24) is 20.1 Å². The maximum atomic E-state index is 12.6. The summed E-state index contributed by atoms with van der Waals surface area (Å²) < 4.78 is 1.92. The molecule has 4 rings (SSSR count). The minimum absolute atomic E-state index is 0.117. The lowest BCUT2D eigenvalue weighted by atomic mass is 10.1. The summed E-state index contributed by atoms with van der Waals surface area (Å²) in [5.74, 6) is 0.574. The van der Waals surface area contributed by atoms with Crippen molar-refractivity contribution in [2.45, 2.75) is 38.5 Å². The number of hydrogen-bond donors (Lipinski definition) is 2. The first-order valence-electron chi connectivity index (χ1n) is 11.2. The van der Waals surface area contributed by atoms with E-state index in [1.807, 2.05) is 79.9 Å². The average molecular weight is 474 g/mol. The van der Waals surface area contributed by atoms with Gasteiger partial charge in [0.05, 0.1) is 11.8 Å². The Bertz CT molecular complexity index is 1320. The molecule has 174 valence electrons. The van der Waals surface area contributed by atoms with E-state index in [9.17, 15) is 9.59 Å². The van der Waals surface area contributed by atoms with E-state index in [1.54, 1.807) is 12.1 Å². The number of amides is 2. The Morgan fingerprint density at radius 3 is 2.47 bits per heavy atom. The minimum Gasteiger partial charge on any atom is -0.342 e. The van der Waals surface area contributed by atoms with E-state index in [-0.39, 0.29) is 23.6 Å². The second kappa shape index (κ2) is 10.5. The van der Waals surface area contributed by atoms with Crippen molar-refractivity contribution < 1.29 is 9.59 Å². The number of benzene rings is 3. The monoisotopic (exact) mass is 473 g/mol. The van der Waals surface area contributed by atoms with Gasteiger partial charge in [-0.25, -0.2) is 0 Å². The van der Waals surface area contributed by atoms with Crippen LogP contribution in [0.4, 0.5) is 5.69 Å². The van der Waals surface area contributed by atoms with Gasteiger partial charge in [-0.1, -0.05) is 59.8 Å². The molecule has 2 N–H and O–H groups in total. The quantitative estimate of drug-likeness (QED) is 0.352. The molecule has 0 bridgehead atoms. The van der Waals surface area contributed by atoms with Crippen LogP contribution in [0.25, 0.3) is 10.8 Å². The number of aromatic nitrogens is 3. The molecular weight excluding hydrogens is 446 g/mol. The second-order valence-corrected chi connectivity index (χ2v) is 8.99. The van der Waals surface area contributed by atoms with Gasteiger partial charge in [-0.2, -0.15) is 0 Å². The fourth-order valence-corrected chi connectivity index (χ4v) is 4.48. The van der Waals surface area contributed by atoms with E-state index in [0.29, 0.717) is 23.1 Å². The zero-order chi connectivity index (χ0) is 24.1. The number of aryl methyl sites for hydroxylation is 1. The molecule has 1 aromatic heterocycles. The molecule has 0 fully saturated rings. The number of nitrogens with zero attached hydrogens (tertiary/aromatic N) is 3. The van der Waals surface area contributed by atoms with Crippen molar-refractivity contribution in [1.29, 1.82) is 0 Å². The normalized spacial score (nSPS) is 11.9. The zero-order valence-electron chi connectivity index (χ0n) is 19.4. The van der Waals surface area contributed by atoms with Crippen LogP contribution in [0.1, 0.15) is 41.6 Å². The van der Waals surface area contributed by atoms with Gasteiger partial charge in [0, 0.05) is 17.8 Å². The Morgan fingerprint density at radius 1 is 1.00 bits per heavy atom. The summed E-state index contributed by atoms with van der Waals surface area (Å²) in [6.07, 6.45) is 0. The van der Waals surface area contributed by atoms with Crippen LogP contribution in [0, 0.1) is 6.92 Å². The number of rotatable bonds is 8. The molecule has 34 heavy (non-hydrogen) atoms. The van der Waals surface area contributed by atoms with Crippen molar-refractivity contribution in [3.8, 4) is 0 Å². The largest absolute Gasteiger partial charge is 0.342 e. The Balaban J connectivity index is 1.37. The minimum atomic E-state index is -0.331. The second-order valence-electron chi connectivity index (χ2n) is 8.04. The molecule has 0 saturated heterocycles. The highest BCUT2D eigenvalue weighted by atomic mass is 32.2. The van der Waals surface area contributed by atoms with Crippen LogP contribution in [0.15, 0.2) is 71.9 Å². The van der Waals surface area contributed by atoms with Gasteiger partial charge in [0.25, 0.3) is 5.91 Å². The topological polar surface area (TPSA) is 88.9 Å². The number of carbonyl (C=O) groups excluding carboxylic acids is 2. The molecule has 1 heterocycles. The predicted molar refractivity (Wildman–Crippen MR) is 136 cm³/mol. The van der Waals surface area contributed by atoms with Gasteiger partial charge in [0.15, 0.2) is 11.0 Å². The van der Waals surface area contributed by atoms with Gasteiger partial charge in [-0.15, -0.1) is 10.2 Å². The van der Waals surface area contributed by atoms with Gasteiger partial charge < -0.3 is 15.2 Å². The lowest BCUT2D eigenvalue weighted by molar-refractivity contribution is -0.113. The maximum Gasteiger partial charge on any atom is 0.251 e. The van der Waals surface area contributed by atoms with E-state index in [4.69, 9.17) is 0 Å². The summed E-state index contributed by atoms with van der Waals surface area (Å²) >= 11 is 1.32. The molecule has 0 aliphatic heterocycles. The SMILES string of the molecule is CCn1c(SCC(=O)Nc2ccc3ccccc3c2)nnc1[C@@H](C)NC(=O)c1ccc(C)cc1. The van der Waals surface area contributed by atoms with E-state index >= 15 is 0 Å². The Hall–Kier alpha value is -3.65. The van der Waals surface area contributed by atoms with Gasteiger partial charge in [-0.05, 0) is 55.8 Å². The molecule has 7 nitrogen and oxygen atoms in total. The summed E-state index contributed by atoms with van der Waals surface area (Å²) in [7, 11) is 0. The first-order chi connectivity index (χ1) is 16.4. The van der Waals surface area contributed by atoms with Crippen LogP contribution in [-0.2, 0) is 11.3 Å². The van der Waals surface area contributed by atoms with Gasteiger partial charge >= 0.3 is 0 Å². The van der Waals surface area contributed by atoms with Crippen molar-refractivity contribution in [2.24, 2.45) is 0 Å². The van der Waals surface area contributed by atoms with Crippen LogP contribution >= 0.6 is 11.8 Å². The van der Waals surface area contributed by atoms with Gasteiger partial charge in [0.1, 0.15) is 0 Å². The summed E-state index contributed by atoms with van der Waals surface area (Å²) in [4.78, 5) is 25.1. The Morgan fingerprint density at radius 2 is 1.74 bits per heavy atom. The standard InChI is InChI=1S/C26H27N5O2S/c1-4-31-24(18(3)27-25(33)20-11-9-17(2)10-12-20)29-30-26(31)34-16-23(32)28-22-14-13-19-7-5-6-8-21(19)15-22/h5-15,18H,4,16H2,1-3H3,(H,27,33)(H,28,32)/t18-/m1/s1. The molecule has 0 aliphatic carbocycles. The maximum absolute atomic E-state index is 12.6. The molecule has 8 heteroatoms. The van der Waals surface area contributed by atoms with Crippen LogP contribution < -0.4 is 10.6 Å². The Kier molecular flexibility index (Phi) is 7.27. The first kappa shape index (κ1) is 23.5. The highest BCUT2D eigenvalue weighted by Gasteiger charge is 2.20. The fraction of sp³-hybridized carbons (Fsp3) is 0.231. The molecular formula is C26H27N5O2S. The number of nitrogens with one attached hydrogen (secondary N) is 2. The molecule has 0 saturated carbocycles. The summed E-state index contributed by atoms with van der Waals surface area (Å²) in [6.45, 7) is 6.47. The number of carbonyl (C=O) groups is 2. The third kappa shape index (κ3) is 5.46. The number of fused-ring (bicyclic) bond motifs is 1. The van der Waals surface area contributed by atoms with Gasteiger partial charge in [0.2, 0.25) is 5.91 Å². The highest BCUT2D eigenvalue weighted by molar-refractivity contribution is 7.99. The summed E-state index contributed by atoms with van der Waals surface area (Å²) in [5, 5.41) is 17.3. The molecule has 0 aliphatic rings. The van der Waals surface area contributed by atoms with Crippen LogP contribution in [-0.4, -0.2) is 32.3 Å². The third-order valence-corrected chi connectivity index (χ3v) is 6.44. The fourth-order valence-electron chi connectivity index (χ4n) is 3.67. The molecule has 4 aromatic rings.